The first-order valence-electron chi connectivity index (χ1n) is 5.62. The number of halogens is 2. The monoisotopic (exact) mass is 339 g/mol. The molecule has 6 heteroatoms. The number of esters is 1. The van der Waals surface area contributed by atoms with Crippen molar-refractivity contribution in [1.29, 1.82) is 0 Å². The predicted molar refractivity (Wildman–Crippen MR) is 76.4 cm³/mol. The molecule has 2 rings (SSSR count). The van der Waals surface area contributed by atoms with Crippen molar-refractivity contribution >= 4 is 27.6 Å². The first-order valence-corrected chi connectivity index (χ1v) is 6.41. The van der Waals surface area contributed by atoms with Crippen LogP contribution in [-0.4, -0.2) is 13.1 Å². The predicted octanol–water partition coefficient (Wildman–Crippen LogP) is 3.75. The van der Waals surface area contributed by atoms with E-state index in [9.17, 15) is 9.18 Å². The maximum absolute atomic E-state index is 13.3. The van der Waals surface area contributed by atoms with Gasteiger partial charge in [-0.3, -0.25) is 0 Å². The Morgan fingerprint density at radius 1 is 1.30 bits per heavy atom. The number of ether oxygens (including phenoxy) is 2. The molecule has 0 atom stereocenters. The summed E-state index contributed by atoms with van der Waals surface area (Å²) in [6.07, 6.45) is 0. The lowest BCUT2D eigenvalue weighted by atomic mass is 10.1. The zero-order valence-corrected chi connectivity index (χ0v) is 12.1. The maximum Gasteiger partial charge on any atom is 0.340 e. The molecular weight excluding hydrogens is 329 g/mol. The van der Waals surface area contributed by atoms with Crippen LogP contribution in [-0.2, 0) is 4.74 Å². The quantitative estimate of drug-likeness (QED) is 0.683. The number of nitrogen functional groups attached to an aromatic ring is 1. The minimum absolute atomic E-state index is 0.139. The summed E-state index contributed by atoms with van der Waals surface area (Å²) < 4.78 is 23.9. The minimum Gasteiger partial charge on any atom is -0.465 e. The molecule has 4 nitrogen and oxygen atoms in total. The van der Waals surface area contributed by atoms with Crippen molar-refractivity contribution < 1.29 is 18.7 Å². The summed E-state index contributed by atoms with van der Waals surface area (Å²) in [5.41, 5.74) is 6.19. The summed E-state index contributed by atoms with van der Waals surface area (Å²) in [5.74, 6) is -0.485. The summed E-state index contributed by atoms with van der Waals surface area (Å²) in [4.78, 5) is 11.5. The van der Waals surface area contributed by atoms with Gasteiger partial charge in [-0.05, 0) is 24.3 Å². The Labute approximate surface area is 123 Å². The van der Waals surface area contributed by atoms with Crippen LogP contribution in [0.2, 0.25) is 0 Å². The lowest BCUT2D eigenvalue weighted by Crippen LogP contribution is -2.06. The molecule has 0 fully saturated rings. The van der Waals surface area contributed by atoms with E-state index in [4.69, 9.17) is 10.5 Å². The van der Waals surface area contributed by atoms with Gasteiger partial charge in [0.1, 0.15) is 11.6 Å². The zero-order chi connectivity index (χ0) is 14.7. The number of hydrogen-bond acceptors (Lipinski definition) is 4. The SMILES string of the molecule is COC(=O)c1cccc(Oc2cc(F)cc(Br)c2)c1N. The molecule has 104 valence electrons. The Morgan fingerprint density at radius 2 is 2.05 bits per heavy atom. The second-order valence-electron chi connectivity index (χ2n) is 3.92. The highest BCUT2D eigenvalue weighted by Gasteiger charge is 2.14. The first kappa shape index (κ1) is 14.3. The molecule has 2 aromatic carbocycles. The van der Waals surface area contributed by atoms with Gasteiger partial charge in [-0.1, -0.05) is 22.0 Å². The smallest absolute Gasteiger partial charge is 0.340 e. The van der Waals surface area contributed by atoms with E-state index in [0.29, 0.717) is 4.47 Å². The van der Waals surface area contributed by atoms with Crippen LogP contribution in [0.3, 0.4) is 0 Å². The molecule has 0 saturated heterocycles. The van der Waals surface area contributed by atoms with Crippen LogP contribution in [0.25, 0.3) is 0 Å². The minimum atomic E-state index is -0.562. The summed E-state index contributed by atoms with van der Waals surface area (Å²) in [6, 6.07) is 8.83. The number of hydrogen-bond donors (Lipinski definition) is 1. The summed E-state index contributed by atoms with van der Waals surface area (Å²) in [6.45, 7) is 0. The van der Waals surface area contributed by atoms with Crippen molar-refractivity contribution in [2.24, 2.45) is 0 Å². The third kappa shape index (κ3) is 3.08. The van der Waals surface area contributed by atoms with Crippen LogP contribution in [0.5, 0.6) is 11.5 Å². The second-order valence-corrected chi connectivity index (χ2v) is 4.83. The molecule has 0 unspecified atom stereocenters. The lowest BCUT2D eigenvalue weighted by Gasteiger charge is -2.11. The molecule has 0 saturated carbocycles. The molecular formula is C14H11BrFNO3. The fourth-order valence-corrected chi connectivity index (χ4v) is 2.08. The highest BCUT2D eigenvalue weighted by molar-refractivity contribution is 9.10. The average molecular weight is 340 g/mol. The molecule has 0 aliphatic heterocycles. The van der Waals surface area contributed by atoms with E-state index in [-0.39, 0.29) is 22.7 Å². The topological polar surface area (TPSA) is 61.5 Å². The number of methoxy groups -OCH3 is 1. The highest BCUT2D eigenvalue weighted by Crippen LogP contribution is 2.32. The normalized spacial score (nSPS) is 10.2. The van der Waals surface area contributed by atoms with Gasteiger partial charge in [0.2, 0.25) is 0 Å². The molecule has 0 aliphatic rings. The molecule has 2 N–H and O–H groups in total. The van der Waals surface area contributed by atoms with Crippen LogP contribution in [0.4, 0.5) is 10.1 Å². The van der Waals surface area contributed by atoms with Crippen molar-refractivity contribution in [3.63, 3.8) is 0 Å². The standard InChI is InChI=1S/C14H11BrFNO3/c1-19-14(18)11-3-2-4-12(13(11)17)20-10-6-8(15)5-9(16)7-10/h2-7H,17H2,1H3. The molecule has 20 heavy (non-hydrogen) atoms. The van der Waals surface area contributed by atoms with E-state index in [1.165, 1.54) is 25.3 Å². The van der Waals surface area contributed by atoms with Crippen molar-refractivity contribution in [1.82, 2.24) is 0 Å². The van der Waals surface area contributed by atoms with Crippen LogP contribution in [0.15, 0.2) is 40.9 Å². The van der Waals surface area contributed by atoms with Crippen LogP contribution in [0, 0.1) is 5.82 Å². The summed E-state index contributed by atoms with van der Waals surface area (Å²) >= 11 is 3.17. The summed E-state index contributed by atoms with van der Waals surface area (Å²) in [7, 11) is 1.26. The van der Waals surface area contributed by atoms with E-state index in [2.05, 4.69) is 20.7 Å². The fraction of sp³-hybridized carbons (Fsp3) is 0.0714. The van der Waals surface area contributed by atoms with Gasteiger partial charge in [-0.2, -0.15) is 0 Å². The third-order valence-corrected chi connectivity index (χ3v) is 2.99. The molecule has 0 radical (unpaired) electrons. The number of para-hydroxylation sites is 1. The van der Waals surface area contributed by atoms with Gasteiger partial charge in [0.05, 0.1) is 18.4 Å². The van der Waals surface area contributed by atoms with Crippen LogP contribution < -0.4 is 10.5 Å². The van der Waals surface area contributed by atoms with Crippen molar-refractivity contribution in [2.45, 2.75) is 0 Å². The molecule has 0 bridgehead atoms. The number of nitrogens with two attached hydrogens (primary N) is 1. The van der Waals surface area contributed by atoms with Gasteiger partial charge in [-0.15, -0.1) is 0 Å². The first-order chi connectivity index (χ1) is 9.51. The molecule has 0 aliphatic carbocycles. The second kappa shape index (κ2) is 5.92. The van der Waals surface area contributed by atoms with Crippen LogP contribution in [0.1, 0.15) is 10.4 Å². The van der Waals surface area contributed by atoms with E-state index in [0.717, 1.165) is 0 Å². The summed E-state index contributed by atoms with van der Waals surface area (Å²) in [5, 5.41) is 0. The average Bonchev–Trinajstić information content (AvgIpc) is 2.39. The van der Waals surface area contributed by atoms with Gasteiger partial charge in [0, 0.05) is 10.5 Å². The lowest BCUT2D eigenvalue weighted by molar-refractivity contribution is 0.0601. The zero-order valence-electron chi connectivity index (χ0n) is 10.5. The molecule has 0 spiro atoms. The maximum atomic E-state index is 13.3. The Balaban J connectivity index is 2.36. The Morgan fingerprint density at radius 3 is 2.70 bits per heavy atom. The van der Waals surface area contributed by atoms with Crippen molar-refractivity contribution in [3.05, 3.63) is 52.3 Å². The number of carbonyl (C=O) groups is 1. The third-order valence-electron chi connectivity index (χ3n) is 2.54. The van der Waals surface area contributed by atoms with Crippen LogP contribution >= 0.6 is 15.9 Å². The molecule has 0 heterocycles. The number of carbonyl (C=O) groups excluding carboxylic acids is 1. The van der Waals surface area contributed by atoms with E-state index in [1.807, 2.05) is 0 Å². The Bertz CT molecular complexity index is 641. The van der Waals surface area contributed by atoms with Crippen molar-refractivity contribution in [3.8, 4) is 11.5 Å². The molecule has 0 aromatic heterocycles. The molecule has 2 aromatic rings. The number of benzene rings is 2. The Hall–Kier alpha value is -2.08. The number of rotatable bonds is 3. The van der Waals surface area contributed by atoms with Gasteiger partial charge in [0.15, 0.2) is 5.75 Å². The number of anilines is 1. The van der Waals surface area contributed by atoms with Gasteiger partial charge in [0.25, 0.3) is 0 Å². The fourth-order valence-electron chi connectivity index (χ4n) is 1.64. The molecule has 0 amide bonds. The van der Waals surface area contributed by atoms with Gasteiger partial charge >= 0.3 is 5.97 Å². The van der Waals surface area contributed by atoms with Crippen molar-refractivity contribution in [2.75, 3.05) is 12.8 Å². The van der Waals surface area contributed by atoms with E-state index < -0.39 is 11.8 Å². The Kier molecular flexibility index (Phi) is 4.24. The van der Waals surface area contributed by atoms with E-state index >= 15 is 0 Å². The highest BCUT2D eigenvalue weighted by atomic mass is 79.9. The van der Waals surface area contributed by atoms with E-state index in [1.54, 1.807) is 18.2 Å². The largest absolute Gasteiger partial charge is 0.465 e. The van der Waals surface area contributed by atoms with Gasteiger partial charge in [-0.25, -0.2) is 9.18 Å². The van der Waals surface area contributed by atoms with Gasteiger partial charge < -0.3 is 15.2 Å².